The van der Waals surface area contributed by atoms with E-state index in [9.17, 15) is 8.78 Å². The largest absolute Gasteiger partial charge is 0.465 e. The smallest absolute Gasteiger partial charge is 0.283 e. The van der Waals surface area contributed by atoms with Crippen molar-refractivity contribution in [3.63, 3.8) is 0 Å². The van der Waals surface area contributed by atoms with Crippen LogP contribution in [0.15, 0.2) is 65.9 Å². The number of hydrogen-bond acceptors (Lipinski definition) is 7. The summed E-state index contributed by atoms with van der Waals surface area (Å²) in [7, 11) is 0. The molecule has 1 atom stereocenters. The van der Waals surface area contributed by atoms with E-state index in [-0.39, 0.29) is 41.6 Å². The number of hydrogen-bond donors (Lipinski definition) is 1. The van der Waals surface area contributed by atoms with Crippen LogP contribution in [0.4, 0.5) is 13.2 Å². The quantitative estimate of drug-likeness (QED) is 0.422. The standard InChI is InChI=1S/C25H16F3N5O2/c26-21-14(3-1-8-30-21)13-5-6-19-16(11-13)25(7-10-34-24(29)33-25)17-12-18(32-23(28)20(17)35-19)15-4-2-9-31-22(15)27/h1-6,8-9,11-12H,7,10H2,(H2,29,33)/t25-/m1/s1. The minimum Gasteiger partial charge on any atom is -0.465 e. The van der Waals surface area contributed by atoms with Crippen molar-refractivity contribution in [2.45, 2.75) is 12.0 Å². The van der Waals surface area contributed by atoms with E-state index in [4.69, 9.17) is 15.2 Å². The molecule has 2 aliphatic rings. The minimum absolute atomic E-state index is 0.0188. The highest BCUT2D eigenvalue weighted by Gasteiger charge is 2.46. The second kappa shape index (κ2) is 7.79. The number of benzene rings is 1. The number of pyridine rings is 3. The van der Waals surface area contributed by atoms with Crippen molar-refractivity contribution < 1.29 is 22.6 Å². The van der Waals surface area contributed by atoms with Crippen molar-refractivity contribution in [1.29, 1.82) is 0 Å². The fraction of sp³-hybridized carbons (Fsp3) is 0.120. The molecule has 2 aliphatic heterocycles. The fourth-order valence-corrected chi connectivity index (χ4v) is 4.56. The monoisotopic (exact) mass is 475 g/mol. The van der Waals surface area contributed by atoms with E-state index >= 15 is 4.39 Å². The SMILES string of the molecule is NC1=N[C@]2(CCO1)c1cc(-c3cccnc3F)ccc1Oc1c2cc(-c2cccnc2F)nc1F. The van der Waals surface area contributed by atoms with Gasteiger partial charge in [-0.1, -0.05) is 6.07 Å². The van der Waals surface area contributed by atoms with Gasteiger partial charge in [0, 0.05) is 35.5 Å². The van der Waals surface area contributed by atoms with Crippen LogP contribution in [0.2, 0.25) is 0 Å². The number of nitrogens with two attached hydrogens (primary N) is 1. The summed E-state index contributed by atoms with van der Waals surface area (Å²) in [5, 5.41) is 0. The number of fused-ring (bicyclic) bond motifs is 4. The van der Waals surface area contributed by atoms with E-state index in [1.54, 1.807) is 30.3 Å². The van der Waals surface area contributed by atoms with Gasteiger partial charge in [-0.2, -0.15) is 13.2 Å². The summed E-state index contributed by atoms with van der Waals surface area (Å²) in [4.78, 5) is 15.9. The molecule has 1 aromatic carbocycles. The van der Waals surface area contributed by atoms with Crippen LogP contribution in [0.5, 0.6) is 11.5 Å². The number of aliphatic imine (C=N–C) groups is 1. The summed E-state index contributed by atoms with van der Waals surface area (Å²) in [6, 6.07) is 12.6. The van der Waals surface area contributed by atoms with Crippen molar-refractivity contribution in [3.8, 4) is 33.9 Å². The van der Waals surface area contributed by atoms with Crippen LogP contribution in [0, 0.1) is 17.8 Å². The number of halogens is 3. The molecule has 0 saturated carbocycles. The van der Waals surface area contributed by atoms with Gasteiger partial charge in [-0.05, 0) is 48.0 Å². The summed E-state index contributed by atoms with van der Waals surface area (Å²) in [6.07, 6.45) is 2.92. The Labute approximate surface area is 197 Å². The van der Waals surface area contributed by atoms with Gasteiger partial charge in [0.25, 0.3) is 12.0 Å². The Kier molecular flexibility index (Phi) is 4.70. The molecule has 0 amide bonds. The average Bonchev–Trinajstić information content (AvgIpc) is 2.85. The van der Waals surface area contributed by atoms with Gasteiger partial charge < -0.3 is 15.2 Å². The zero-order chi connectivity index (χ0) is 24.2. The molecule has 2 N–H and O–H groups in total. The van der Waals surface area contributed by atoms with Gasteiger partial charge in [0.2, 0.25) is 11.9 Å². The molecule has 3 aromatic heterocycles. The summed E-state index contributed by atoms with van der Waals surface area (Å²) in [6.45, 7) is 0.181. The van der Waals surface area contributed by atoms with Crippen LogP contribution in [0.1, 0.15) is 17.5 Å². The predicted molar refractivity (Wildman–Crippen MR) is 120 cm³/mol. The fourth-order valence-electron chi connectivity index (χ4n) is 4.56. The Morgan fingerprint density at radius 3 is 2.31 bits per heavy atom. The van der Waals surface area contributed by atoms with Crippen LogP contribution in [0.3, 0.4) is 0 Å². The molecule has 0 aliphatic carbocycles. The molecule has 174 valence electrons. The van der Waals surface area contributed by atoms with E-state index in [2.05, 4.69) is 19.9 Å². The highest BCUT2D eigenvalue weighted by molar-refractivity contribution is 5.77. The normalized spacial score (nSPS) is 18.2. The van der Waals surface area contributed by atoms with Gasteiger partial charge in [0.15, 0.2) is 5.75 Å². The first-order chi connectivity index (χ1) is 17.0. The lowest BCUT2D eigenvalue weighted by Crippen LogP contribution is -2.39. The number of amidine groups is 1. The van der Waals surface area contributed by atoms with Gasteiger partial charge in [-0.3, -0.25) is 0 Å². The van der Waals surface area contributed by atoms with Crippen molar-refractivity contribution in [3.05, 3.63) is 89.9 Å². The molecular weight excluding hydrogens is 459 g/mol. The van der Waals surface area contributed by atoms with Crippen molar-refractivity contribution in [1.82, 2.24) is 15.0 Å². The molecular formula is C25H16F3N5O2. The van der Waals surface area contributed by atoms with Crippen molar-refractivity contribution >= 4 is 6.02 Å². The van der Waals surface area contributed by atoms with Crippen LogP contribution < -0.4 is 10.5 Å². The predicted octanol–water partition coefficient (Wildman–Crippen LogP) is 4.71. The zero-order valence-corrected chi connectivity index (χ0v) is 18.0. The molecule has 1 spiro atoms. The van der Waals surface area contributed by atoms with E-state index in [0.29, 0.717) is 22.4 Å². The lowest BCUT2D eigenvalue weighted by molar-refractivity contribution is 0.217. The highest BCUT2D eigenvalue weighted by Crippen LogP contribution is 2.53. The van der Waals surface area contributed by atoms with Crippen LogP contribution in [-0.2, 0) is 10.3 Å². The maximum atomic E-state index is 15.3. The molecule has 0 unspecified atom stereocenters. The Morgan fingerprint density at radius 1 is 0.857 bits per heavy atom. The summed E-state index contributed by atoms with van der Waals surface area (Å²) >= 11 is 0. The molecule has 7 nitrogen and oxygen atoms in total. The summed E-state index contributed by atoms with van der Waals surface area (Å²) in [5.74, 6) is -2.21. The van der Waals surface area contributed by atoms with Gasteiger partial charge >= 0.3 is 0 Å². The molecule has 0 fully saturated rings. The second-order valence-electron chi connectivity index (χ2n) is 8.08. The average molecular weight is 475 g/mol. The first-order valence-electron chi connectivity index (χ1n) is 10.7. The third kappa shape index (κ3) is 3.29. The zero-order valence-electron chi connectivity index (χ0n) is 18.0. The summed E-state index contributed by atoms with van der Waals surface area (Å²) < 4.78 is 55.5. The maximum Gasteiger partial charge on any atom is 0.283 e. The molecule has 0 bridgehead atoms. The lowest BCUT2D eigenvalue weighted by Gasteiger charge is -2.39. The van der Waals surface area contributed by atoms with E-state index < -0.39 is 23.4 Å². The number of aromatic nitrogens is 3. The first kappa shape index (κ1) is 21.1. The lowest BCUT2D eigenvalue weighted by atomic mass is 9.77. The molecule has 0 radical (unpaired) electrons. The second-order valence-corrected chi connectivity index (χ2v) is 8.08. The Hall–Kier alpha value is -4.47. The maximum absolute atomic E-state index is 15.3. The third-order valence-electron chi connectivity index (χ3n) is 6.13. The molecule has 6 rings (SSSR count). The molecule has 35 heavy (non-hydrogen) atoms. The Bertz CT molecular complexity index is 1530. The number of nitrogens with zero attached hydrogens (tertiary/aromatic N) is 4. The number of rotatable bonds is 2. The van der Waals surface area contributed by atoms with Crippen molar-refractivity contribution in [2.75, 3.05) is 6.61 Å². The van der Waals surface area contributed by atoms with Crippen molar-refractivity contribution in [2.24, 2.45) is 10.7 Å². The van der Waals surface area contributed by atoms with Gasteiger partial charge in [-0.15, -0.1) is 0 Å². The number of ether oxygens (including phenoxy) is 2. The van der Waals surface area contributed by atoms with Gasteiger partial charge in [-0.25, -0.2) is 19.9 Å². The van der Waals surface area contributed by atoms with Crippen LogP contribution in [0.25, 0.3) is 22.4 Å². The van der Waals surface area contributed by atoms with Gasteiger partial charge in [0.05, 0.1) is 17.9 Å². The highest BCUT2D eigenvalue weighted by atomic mass is 19.1. The Balaban J connectivity index is 1.62. The van der Waals surface area contributed by atoms with Crippen LogP contribution in [-0.4, -0.2) is 27.6 Å². The third-order valence-corrected chi connectivity index (χ3v) is 6.13. The van der Waals surface area contributed by atoms with Crippen LogP contribution >= 0.6 is 0 Å². The Morgan fingerprint density at radius 2 is 1.60 bits per heavy atom. The summed E-state index contributed by atoms with van der Waals surface area (Å²) in [5.41, 5.74) is 6.40. The van der Waals surface area contributed by atoms with E-state index in [1.165, 1.54) is 30.6 Å². The first-order valence-corrected chi connectivity index (χ1v) is 10.7. The minimum atomic E-state index is -1.24. The molecule has 5 heterocycles. The molecule has 10 heteroatoms. The topological polar surface area (TPSA) is 95.5 Å². The van der Waals surface area contributed by atoms with Gasteiger partial charge in [0.1, 0.15) is 11.3 Å². The molecule has 0 saturated heterocycles. The van der Waals surface area contributed by atoms with E-state index in [0.717, 1.165) is 0 Å². The van der Waals surface area contributed by atoms with E-state index in [1.807, 2.05) is 0 Å². The molecule has 4 aromatic rings.